The summed E-state index contributed by atoms with van der Waals surface area (Å²) in [6.45, 7) is 4.56. The van der Waals surface area contributed by atoms with Gasteiger partial charge < -0.3 is 20.5 Å². The van der Waals surface area contributed by atoms with E-state index in [0.717, 1.165) is 19.5 Å². The van der Waals surface area contributed by atoms with Crippen LogP contribution in [0.2, 0.25) is 0 Å². The van der Waals surface area contributed by atoms with Gasteiger partial charge in [-0.25, -0.2) is 0 Å². The van der Waals surface area contributed by atoms with E-state index in [0.29, 0.717) is 12.6 Å². The van der Waals surface area contributed by atoms with Crippen molar-refractivity contribution in [2.24, 2.45) is 5.73 Å². The topological polar surface area (TPSA) is 56.5 Å². The highest BCUT2D eigenvalue weighted by atomic mass is 16.5. The second-order valence-corrected chi connectivity index (χ2v) is 3.99. The molecule has 4 nitrogen and oxygen atoms in total. The van der Waals surface area contributed by atoms with Crippen LogP contribution < -0.4 is 11.1 Å². The zero-order chi connectivity index (χ0) is 11.5. The summed E-state index contributed by atoms with van der Waals surface area (Å²) in [5.41, 5.74) is 5.66. The van der Waals surface area contributed by atoms with Crippen molar-refractivity contribution < 1.29 is 9.47 Å². The van der Waals surface area contributed by atoms with Crippen molar-refractivity contribution in [3.05, 3.63) is 0 Å². The molecule has 0 aliphatic rings. The Bertz CT molecular complexity index is 132. The van der Waals surface area contributed by atoms with Crippen LogP contribution in [0.4, 0.5) is 0 Å². The number of unbranched alkanes of at least 4 members (excludes halogenated alkanes) is 1. The van der Waals surface area contributed by atoms with Gasteiger partial charge in [0.05, 0.1) is 12.7 Å². The van der Waals surface area contributed by atoms with E-state index in [4.69, 9.17) is 15.2 Å². The van der Waals surface area contributed by atoms with Crippen molar-refractivity contribution in [1.29, 1.82) is 0 Å². The second-order valence-electron chi connectivity index (χ2n) is 3.99. The van der Waals surface area contributed by atoms with Gasteiger partial charge in [-0.1, -0.05) is 6.42 Å². The summed E-state index contributed by atoms with van der Waals surface area (Å²) in [6, 6.07) is 0.324. The molecule has 0 aromatic carbocycles. The molecule has 0 aromatic heterocycles. The predicted octanol–water partition coefficient (Wildman–Crippen LogP) is 0.755. The fourth-order valence-corrected chi connectivity index (χ4v) is 1.38. The number of hydrogen-bond donors (Lipinski definition) is 2. The summed E-state index contributed by atoms with van der Waals surface area (Å²) >= 11 is 0. The fourth-order valence-electron chi connectivity index (χ4n) is 1.38. The highest BCUT2D eigenvalue weighted by Gasteiger charge is 2.04. The Morgan fingerprint density at radius 2 is 2.00 bits per heavy atom. The summed E-state index contributed by atoms with van der Waals surface area (Å²) < 4.78 is 10.3. The Balaban J connectivity index is 3.21. The molecule has 4 heteroatoms. The fraction of sp³-hybridized carbons (Fsp3) is 1.00. The van der Waals surface area contributed by atoms with Crippen LogP contribution in [0, 0.1) is 0 Å². The molecule has 0 saturated carbocycles. The van der Waals surface area contributed by atoms with Gasteiger partial charge >= 0.3 is 0 Å². The van der Waals surface area contributed by atoms with Crippen molar-refractivity contribution in [1.82, 2.24) is 5.32 Å². The third kappa shape index (κ3) is 10.1. The molecule has 0 saturated heterocycles. The third-order valence-corrected chi connectivity index (χ3v) is 2.32. The summed E-state index contributed by atoms with van der Waals surface area (Å²) in [6.07, 6.45) is 3.62. The van der Waals surface area contributed by atoms with Gasteiger partial charge in [0, 0.05) is 26.8 Å². The molecule has 0 heterocycles. The van der Waals surface area contributed by atoms with Gasteiger partial charge in [0.1, 0.15) is 0 Å². The number of hydrogen-bond acceptors (Lipinski definition) is 4. The Morgan fingerprint density at radius 3 is 2.53 bits per heavy atom. The van der Waals surface area contributed by atoms with Crippen molar-refractivity contribution in [3.8, 4) is 0 Å². The van der Waals surface area contributed by atoms with Gasteiger partial charge in [0.15, 0.2) is 0 Å². The van der Waals surface area contributed by atoms with E-state index in [1.165, 1.54) is 12.8 Å². The SMILES string of the molecule is COCC(CNCCCCC(C)N)OC. The van der Waals surface area contributed by atoms with Gasteiger partial charge in [-0.3, -0.25) is 0 Å². The molecule has 0 fully saturated rings. The minimum Gasteiger partial charge on any atom is -0.382 e. The van der Waals surface area contributed by atoms with E-state index in [1.54, 1.807) is 14.2 Å². The molecule has 0 radical (unpaired) electrons. The molecule has 3 N–H and O–H groups in total. The summed E-state index contributed by atoms with van der Waals surface area (Å²) in [4.78, 5) is 0. The quantitative estimate of drug-likeness (QED) is 0.531. The number of rotatable bonds is 10. The largest absolute Gasteiger partial charge is 0.382 e. The van der Waals surface area contributed by atoms with E-state index >= 15 is 0 Å². The zero-order valence-corrected chi connectivity index (χ0v) is 10.3. The maximum absolute atomic E-state index is 5.66. The van der Waals surface area contributed by atoms with Crippen LogP contribution in [-0.4, -0.2) is 46.1 Å². The first kappa shape index (κ1) is 14.8. The second kappa shape index (κ2) is 10.4. The zero-order valence-electron chi connectivity index (χ0n) is 10.3. The van der Waals surface area contributed by atoms with Crippen LogP contribution in [0.15, 0.2) is 0 Å². The number of nitrogens with one attached hydrogen (secondary N) is 1. The maximum atomic E-state index is 5.66. The first-order valence-electron chi connectivity index (χ1n) is 5.68. The van der Waals surface area contributed by atoms with E-state index in [9.17, 15) is 0 Å². The Morgan fingerprint density at radius 1 is 1.27 bits per heavy atom. The van der Waals surface area contributed by atoms with Crippen LogP contribution >= 0.6 is 0 Å². The molecule has 15 heavy (non-hydrogen) atoms. The predicted molar refractivity (Wildman–Crippen MR) is 63.0 cm³/mol. The van der Waals surface area contributed by atoms with Crippen LogP contribution in [0.5, 0.6) is 0 Å². The average molecular weight is 218 g/mol. The van der Waals surface area contributed by atoms with Gasteiger partial charge in [-0.15, -0.1) is 0 Å². The standard InChI is InChI=1S/C11H26N2O2/c1-10(12)6-4-5-7-13-8-11(15-3)9-14-2/h10-11,13H,4-9,12H2,1-3H3. The molecule has 0 amide bonds. The van der Waals surface area contributed by atoms with E-state index in [2.05, 4.69) is 5.32 Å². The first-order chi connectivity index (χ1) is 7.20. The van der Waals surface area contributed by atoms with Gasteiger partial charge in [0.25, 0.3) is 0 Å². The van der Waals surface area contributed by atoms with E-state index in [-0.39, 0.29) is 6.10 Å². The Labute approximate surface area is 93.5 Å². The lowest BCUT2D eigenvalue weighted by Crippen LogP contribution is -2.32. The monoisotopic (exact) mass is 218 g/mol. The normalized spacial score (nSPS) is 15.2. The first-order valence-corrected chi connectivity index (χ1v) is 5.68. The molecule has 0 bridgehead atoms. The molecular weight excluding hydrogens is 192 g/mol. The third-order valence-electron chi connectivity index (χ3n) is 2.32. The highest BCUT2D eigenvalue weighted by molar-refractivity contribution is 4.61. The summed E-state index contributed by atoms with van der Waals surface area (Å²) in [7, 11) is 3.40. The summed E-state index contributed by atoms with van der Waals surface area (Å²) in [5, 5.41) is 3.35. The lowest BCUT2D eigenvalue weighted by molar-refractivity contribution is 0.0290. The molecular formula is C11H26N2O2. The van der Waals surface area contributed by atoms with Crippen LogP contribution in [0.3, 0.4) is 0 Å². The van der Waals surface area contributed by atoms with Gasteiger partial charge in [-0.05, 0) is 26.3 Å². The number of ether oxygens (including phenoxy) is 2. The average Bonchev–Trinajstić information content (AvgIpc) is 2.21. The van der Waals surface area contributed by atoms with E-state index in [1.807, 2.05) is 6.92 Å². The molecule has 0 aliphatic heterocycles. The Hall–Kier alpha value is -0.160. The van der Waals surface area contributed by atoms with E-state index < -0.39 is 0 Å². The minimum atomic E-state index is 0.156. The van der Waals surface area contributed by atoms with Crippen molar-refractivity contribution >= 4 is 0 Å². The molecule has 2 unspecified atom stereocenters. The van der Waals surface area contributed by atoms with Gasteiger partial charge in [-0.2, -0.15) is 0 Å². The van der Waals surface area contributed by atoms with Crippen LogP contribution in [0.25, 0.3) is 0 Å². The van der Waals surface area contributed by atoms with Crippen molar-refractivity contribution in [2.45, 2.75) is 38.3 Å². The lowest BCUT2D eigenvalue weighted by Gasteiger charge is -2.15. The van der Waals surface area contributed by atoms with Crippen molar-refractivity contribution in [2.75, 3.05) is 33.9 Å². The minimum absolute atomic E-state index is 0.156. The molecule has 0 rings (SSSR count). The number of methoxy groups -OCH3 is 2. The smallest absolute Gasteiger partial charge is 0.0928 e. The molecule has 0 spiro atoms. The molecule has 0 aromatic rings. The highest BCUT2D eigenvalue weighted by Crippen LogP contribution is 1.97. The summed E-state index contributed by atoms with van der Waals surface area (Å²) in [5.74, 6) is 0. The van der Waals surface area contributed by atoms with Crippen LogP contribution in [-0.2, 0) is 9.47 Å². The van der Waals surface area contributed by atoms with Crippen molar-refractivity contribution in [3.63, 3.8) is 0 Å². The number of nitrogens with two attached hydrogens (primary N) is 1. The molecule has 92 valence electrons. The molecule has 2 atom stereocenters. The maximum Gasteiger partial charge on any atom is 0.0928 e. The van der Waals surface area contributed by atoms with Gasteiger partial charge in [0.2, 0.25) is 0 Å². The molecule has 0 aliphatic carbocycles. The van der Waals surface area contributed by atoms with Crippen LogP contribution in [0.1, 0.15) is 26.2 Å². The Kier molecular flexibility index (Phi) is 10.3. The lowest BCUT2D eigenvalue weighted by atomic mass is 10.1.